The zero-order valence-electron chi connectivity index (χ0n) is 8.55. The number of guanidine groups is 2. The molecule has 1 aromatic rings. The first-order valence-corrected chi connectivity index (χ1v) is 4.59. The predicted octanol–water partition coefficient (Wildman–Crippen LogP) is 0.0902. The Labute approximate surface area is 88.1 Å². The Morgan fingerprint density at radius 2 is 2.20 bits per heavy atom. The lowest BCUT2D eigenvalue weighted by molar-refractivity contribution is 0.563. The molecule has 0 radical (unpaired) electrons. The van der Waals surface area contributed by atoms with Gasteiger partial charge in [-0.15, -0.1) is 0 Å². The Hall–Kier alpha value is -1.98. The fourth-order valence-electron chi connectivity index (χ4n) is 0.998. The van der Waals surface area contributed by atoms with E-state index in [0.717, 1.165) is 12.0 Å². The molecule has 0 unspecified atom stereocenters. The SMILES string of the molecule is CNC(=N)NC(=N)NCCc1ccoc1. The Morgan fingerprint density at radius 1 is 1.40 bits per heavy atom. The van der Waals surface area contributed by atoms with E-state index in [1.807, 2.05) is 6.07 Å². The molecule has 6 nitrogen and oxygen atoms in total. The molecule has 0 saturated carbocycles. The lowest BCUT2D eigenvalue weighted by atomic mass is 10.2. The van der Waals surface area contributed by atoms with Gasteiger partial charge in [0, 0.05) is 13.6 Å². The third-order valence-electron chi connectivity index (χ3n) is 1.80. The second-order valence-corrected chi connectivity index (χ2v) is 2.93. The van der Waals surface area contributed by atoms with Crippen molar-refractivity contribution in [2.45, 2.75) is 6.42 Å². The van der Waals surface area contributed by atoms with Gasteiger partial charge in [0.1, 0.15) is 0 Å². The fraction of sp³-hybridized carbons (Fsp3) is 0.333. The van der Waals surface area contributed by atoms with Crippen molar-refractivity contribution in [3.05, 3.63) is 24.2 Å². The molecule has 0 saturated heterocycles. The van der Waals surface area contributed by atoms with Crippen LogP contribution in [0.4, 0.5) is 0 Å². The molecule has 0 aromatic carbocycles. The Kier molecular flexibility index (Phi) is 4.21. The van der Waals surface area contributed by atoms with Gasteiger partial charge < -0.3 is 15.1 Å². The minimum atomic E-state index is 0.0933. The number of furan rings is 1. The van der Waals surface area contributed by atoms with Gasteiger partial charge in [-0.3, -0.25) is 16.1 Å². The molecule has 0 aliphatic carbocycles. The van der Waals surface area contributed by atoms with Gasteiger partial charge in [0.25, 0.3) is 0 Å². The zero-order valence-corrected chi connectivity index (χ0v) is 8.55. The lowest BCUT2D eigenvalue weighted by Crippen LogP contribution is -2.45. The summed E-state index contributed by atoms with van der Waals surface area (Å²) in [6.45, 7) is 0.627. The molecule has 82 valence electrons. The molecule has 1 rings (SSSR count). The van der Waals surface area contributed by atoms with Gasteiger partial charge in [0.15, 0.2) is 11.9 Å². The topological polar surface area (TPSA) is 96.9 Å². The molecule has 1 aromatic heterocycles. The average molecular weight is 209 g/mol. The quantitative estimate of drug-likeness (QED) is 0.360. The van der Waals surface area contributed by atoms with Crippen molar-refractivity contribution in [2.24, 2.45) is 0 Å². The number of nitrogens with one attached hydrogen (secondary N) is 5. The molecule has 0 aliphatic rings. The molecule has 0 atom stereocenters. The standard InChI is InChI=1S/C9H15N5O/c1-12-8(10)14-9(11)13-4-2-7-3-5-15-6-7/h3,5-6H,2,4H2,1H3,(H5,10,11,12,13,14). The van der Waals surface area contributed by atoms with E-state index >= 15 is 0 Å². The number of rotatable bonds is 3. The normalized spacial score (nSPS) is 9.40. The van der Waals surface area contributed by atoms with Crippen molar-refractivity contribution in [2.75, 3.05) is 13.6 Å². The summed E-state index contributed by atoms with van der Waals surface area (Å²) in [6, 6.07) is 1.88. The summed E-state index contributed by atoms with van der Waals surface area (Å²) < 4.78 is 4.91. The average Bonchev–Trinajstić information content (AvgIpc) is 2.70. The maximum Gasteiger partial charge on any atom is 0.195 e. The van der Waals surface area contributed by atoms with E-state index in [1.165, 1.54) is 0 Å². The summed E-state index contributed by atoms with van der Waals surface area (Å²) in [5.74, 6) is 0.202. The summed E-state index contributed by atoms with van der Waals surface area (Å²) in [7, 11) is 1.62. The van der Waals surface area contributed by atoms with Crippen LogP contribution in [0.1, 0.15) is 5.56 Å². The molecule has 0 bridgehead atoms. The van der Waals surface area contributed by atoms with Crippen LogP contribution in [0.5, 0.6) is 0 Å². The zero-order chi connectivity index (χ0) is 11.1. The molecular weight excluding hydrogens is 194 g/mol. The summed E-state index contributed by atoms with van der Waals surface area (Å²) in [5.41, 5.74) is 1.08. The van der Waals surface area contributed by atoms with Crippen LogP contribution in [0.15, 0.2) is 23.0 Å². The van der Waals surface area contributed by atoms with Gasteiger partial charge in [-0.2, -0.15) is 0 Å². The molecular formula is C9H15N5O. The Balaban J connectivity index is 2.15. The van der Waals surface area contributed by atoms with Gasteiger partial charge in [-0.1, -0.05) is 0 Å². The highest BCUT2D eigenvalue weighted by atomic mass is 16.3. The Bertz CT molecular complexity index is 319. The lowest BCUT2D eigenvalue weighted by Gasteiger charge is -2.09. The van der Waals surface area contributed by atoms with Crippen LogP contribution in [0.3, 0.4) is 0 Å². The van der Waals surface area contributed by atoms with Gasteiger partial charge >= 0.3 is 0 Å². The summed E-state index contributed by atoms with van der Waals surface area (Å²) in [5, 5.41) is 22.6. The van der Waals surface area contributed by atoms with E-state index in [-0.39, 0.29) is 11.9 Å². The van der Waals surface area contributed by atoms with E-state index < -0.39 is 0 Å². The first-order chi connectivity index (χ1) is 7.22. The van der Waals surface area contributed by atoms with Crippen LogP contribution in [0.2, 0.25) is 0 Å². The van der Waals surface area contributed by atoms with E-state index in [2.05, 4.69) is 16.0 Å². The molecule has 6 heteroatoms. The molecule has 0 aliphatic heterocycles. The van der Waals surface area contributed by atoms with Crippen LogP contribution < -0.4 is 16.0 Å². The molecule has 0 fully saturated rings. The monoisotopic (exact) mass is 209 g/mol. The van der Waals surface area contributed by atoms with Crippen molar-refractivity contribution in [1.82, 2.24) is 16.0 Å². The van der Waals surface area contributed by atoms with E-state index in [9.17, 15) is 0 Å². The van der Waals surface area contributed by atoms with Gasteiger partial charge in [-0.25, -0.2) is 0 Å². The minimum absolute atomic E-state index is 0.0933. The predicted molar refractivity (Wildman–Crippen MR) is 58.1 cm³/mol. The van der Waals surface area contributed by atoms with E-state index in [0.29, 0.717) is 6.54 Å². The molecule has 5 N–H and O–H groups in total. The van der Waals surface area contributed by atoms with Gasteiger partial charge in [0.2, 0.25) is 0 Å². The van der Waals surface area contributed by atoms with E-state index in [4.69, 9.17) is 15.2 Å². The highest BCUT2D eigenvalue weighted by Crippen LogP contribution is 1.99. The minimum Gasteiger partial charge on any atom is -0.472 e. The fourth-order valence-corrected chi connectivity index (χ4v) is 0.998. The highest BCUT2D eigenvalue weighted by Gasteiger charge is 1.98. The molecule has 0 amide bonds. The molecule has 15 heavy (non-hydrogen) atoms. The summed E-state index contributed by atoms with van der Waals surface area (Å²) in [6.07, 6.45) is 4.08. The van der Waals surface area contributed by atoms with Crippen LogP contribution >= 0.6 is 0 Å². The molecule has 1 heterocycles. The second-order valence-electron chi connectivity index (χ2n) is 2.93. The van der Waals surface area contributed by atoms with Crippen molar-refractivity contribution in [1.29, 1.82) is 10.8 Å². The van der Waals surface area contributed by atoms with Crippen molar-refractivity contribution in [3.63, 3.8) is 0 Å². The van der Waals surface area contributed by atoms with Crippen molar-refractivity contribution < 1.29 is 4.42 Å². The van der Waals surface area contributed by atoms with Crippen molar-refractivity contribution >= 4 is 11.9 Å². The third kappa shape index (κ3) is 4.17. The summed E-state index contributed by atoms with van der Waals surface area (Å²) in [4.78, 5) is 0. The molecule has 0 spiro atoms. The van der Waals surface area contributed by atoms with Crippen LogP contribution in [-0.2, 0) is 6.42 Å². The third-order valence-corrected chi connectivity index (χ3v) is 1.80. The number of hydrogen-bond acceptors (Lipinski definition) is 3. The summed E-state index contributed by atoms with van der Waals surface area (Å²) >= 11 is 0. The smallest absolute Gasteiger partial charge is 0.195 e. The first kappa shape index (κ1) is 11.1. The van der Waals surface area contributed by atoms with Crippen molar-refractivity contribution in [3.8, 4) is 0 Å². The van der Waals surface area contributed by atoms with Crippen LogP contribution in [0.25, 0.3) is 0 Å². The van der Waals surface area contributed by atoms with Gasteiger partial charge in [0.05, 0.1) is 12.5 Å². The number of hydrogen-bond donors (Lipinski definition) is 5. The van der Waals surface area contributed by atoms with E-state index in [1.54, 1.807) is 19.6 Å². The first-order valence-electron chi connectivity index (χ1n) is 4.59. The highest BCUT2D eigenvalue weighted by molar-refractivity contribution is 5.95. The van der Waals surface area contributed by atoms with Crippen LogP contribution in [-0.4, -0.2) is 25.5 Å². The van der Waals surface area contributed by atoms with Gasteiger partial charge in [-0.05, 0) is 18.1 Å². The Morgan fingerprint density at radius 3 is 2.80 bits per heavy atom. The van der Waals surface area contributed by atoms with Crippen LogP contribution in [0, 0.1) is 10.8 Å². The maximum absolute atomic E-state index is 7.42. The maximum atomic E-state index is 7.42. The largest absolute Gasteiger partial charge is 0.472 e. The second kappa shape index (κ2) is 5.69.